The fourth-order valence-corrected chi connectivity index (χ4v) is 12.8. The number of allylic oxidation sites excluding steroid dienone is 3. The van der Waals surface area contributed by atoms with Crippen LogP contribution in [0.1, 0.15) is 133 Å². The molecule has 0 amide bonds. The maximum Gasteiger partial charge on any atom is 0.460 e. The summed E-state index contributed by atoms with van der Waals surface area (Å²) in [5.41, 5.74) is 0.0214. The first-order valence-corrected chi connectivity index (χ1v) is 29.0. The van der Waals surface area contributed by atoms with Crippen molar-refractivity contribution < 1.29 is 72.2 Å². The van der Waals surface area contributed by atoms with E-state index >= 15 is 8.78 Å². The number of fused-ring (bicyclic) bond motifs is 1. The number of hydrogen-bond acceptors (Lipinski definition) is 7. The summed E-state index contributed by atoms with van der Waals surface area (Å²) in [6.45, 7) is 32.1. The summed E-state index contributed by atoms with van der Waals surface area (Å²) in [5, 5.41) is -0.0410. The summed E-state index contributed by atoms with van der Waals surface area (Å²) >= 11 is 0. The van der Waals surface area contributed by atoms with Crippen molar-refractivity contribution in [3.8, 4) is 0 Å². The SMILES string of the molecule is C=C1/C(=C\C=C2/CCC[C@]3(C)[C@@H]([C@H](C)C(CC(=O)C4(C(OC(C)=O)C(F)(F)C(F)(F)C(F)(F)C(F)(F)F)CC4)OC(C)=O)CC[C@@H]23)C[C@@H](O[Si](C)(C)C(C)(C)C)C[C@@H]1O[Si](C)(C)C(C)(C)C. The first-order chi connectivity index (χ1) is 29.6. The molecule has 0 radical (unpaired) electrons. The van der Waals surface area contributed by atoms with E-state index in [0.717, 1.165) is 43.8 Å². The first kappa shape index (κ1) is 56.1. The number of carbonyl (C=O) groups is 3. The number of ether oxygens (including phenoxy) is 2. The highest BCUT2D eigenvalue weighted by Gasteiger charge is 2.86. The molecule has 2 unspecified atom stereocenters. The maximum atomic E-state index is 15.6. The van der Waals surface area contributed by atoms with Crippen LogP contribution in [-0.2, 0) is 32.7 Å². The molecule has 0 N–H and O–H groups in total. The lowest BCUT2D eigenvalue weighted by molar-refractivity contribution is -0.408. The molecule has 4 saturated carbocycles. The zero-order valence-corrected chi connectivity index (χ0v) is 43.2. The number of Topliss-reactive ketones (excluding diaryl/α,β-unsaturated/α-hetero) is 1. The zero-order chi connectivity index (χ0) is 50.8. The second-order valence-electron chi connectivity index (χ2n) is 22.9. The van der Waals surface area contributed by atoms with Crippen LogP contribution in [0.15, 0.2) is 35.5 Å². The zero-order valence-electron chi connectivity index (χ0n) is 41.2. The van der Waals surface area contributed by atoms with E-state index in [-0.39, 0.29) is 34.1 Å². The smallest absolute Gasteiger partial charge is 0.460 e. The summed E-state index contributed by atoms with van der Waals surface area (Å²) in [4.78, 5) is 38.5. The molecule has 4 aliphatic carbocycles. The van der Waals surface area contributed by atoms with Crippen molar-refractivity contribution in [1.82, 2.24) is 0 Å². The average Bonchev–Trinajstić information content (AvgIpc) is 3.87. The third-order valence-electron chi connectivity index (χ3n) is 16.3. The van der Waals surface area contributed by atoms with Crippen molar-refractivity contribution in [2.75, 3.05) is 0 Å². The fraction of sp³-hybridized carbons (Fsp3) is 0.812. The minimum absolute atomic E-state index is 0.00822. The van der Waals surface area contributed by atoms with Crippen molar-refractivity contribution in [1.29, 1.82) is 0 Å². The molecular weight excluding hydrogens is 916 g/mol. The van der Waals surface area contributed by atoms with Gasteiger partial charge in [0.2, 0.25) is 0 Å². The van der Waals surface area contributed by atoms with Crippen LogP contribution in [0.2, 0.25) is 36.3 Å². The quantitative estimate of drug-likeness (QED) is 0.0865. The number of alkyl halides is 9. The molecule has 7 nitrogen and oxygen atoms in total. The summed E-state index contributed by atoms with van der Waals surface area (Å²) in [6.07, 6.45) is -5.26. The molecule has 0 aromatic heterocycles. The van der Waals surface area contributed by atoms with E-state index in [1.165, 1.54) is 5.57 Å². The molecular formula is C48H73F9O7Si2. The minimum atomic E-state index is -7.26. The van der Waals surface area contributed by atoms with Crippen molar-refractivity contribution in [3.05, 3.63) is 35.5 Å². The van der Waals surface area contributed by atoms with Gasteiger partial charge in [0.05, 0.1) is 17.6 Å². The third-order valence-corrected chi connectivity index (χ3v) is 25.3. The number of carbonyl (C=O) groups excluding carboxylic acids is 3. The van der Waals surface area contributed by atoms with Gasteiger partial charge in [0.25, 0.3) is 0 Å². The van der Waals surface area contributed by atoms with Gasteiger partial charge in [-0.1, -0.05) is 79.7 Å². The topological polar surface area (TPSA) is 88.1 Å². The molecule has 8 atom stereocenters. The Morgan fingerprint density at radius 3 is 1.80 bits per heavy atom. The van der Waals surface area contributed by atoms with Gasteiger partial charge in [-0.3, -0.25) is 14.4 Å². The lowest BCUT2D eigenvalue weighted by Crippen LogP contribution is -2.67. The summed E-state index contributed by atoms with van der Waals surface area (Å²) in [6, 6.07) is 0. The standard InChI is InChI=1S/C48H73F9O7Si2/c1-28-33(25-34(63-65(12,13)41(5,6)7)26-38(28)64-66(14,15)42(8,9)10)19-18-32-17-16-22-43(11)35(20-21-36(32)43)29(2)37(61-30(3)58)27-39(60)44(23-24-44)40(62-31(4)59)45(49,50)46(51,52)47(53,54)48(55,56)57/h18-19,29,34-38,40H,1,16-17,20-27H2,2-15H3/b32-18+,33-19-/t29-,34+,35+,36-,37?,38-,40?,43+/m0/s1. The predicted molar refractivity (Wildman–Crippen MR) is 239 cm³/mol. The van der Waals surface area contributed by atoms with E-state index in [1.807, 2.05) is 0 Å². The highest BCUT2D eigenvalue weighted by atomic mass is 28.4. The Kier molecular flexibility index (Phi) is 15.9. The number of esters is 2. The van der Waals surface area contributed by atoms with Crippen molar-refractivity contribution >= 4 is 34.4 Å². The van der Waals surface area contributed by atoms with Gasteiger partial charge >= 0.3 is 35.9 Å². The van der Waals surface area contributed by atoms with Gasteiger partial charge < -0.3 is 18.3 Å². The second-order valence-corrected chi connectivity index (χ2v) is 32.4. The molecule has 18 heteroatoms. The van der Waals surface area contributed by atoms with Gasteiger partial charge in [0.15, 0.2) is 22.7 Å². The fourth-order valence-electron chi connectivity index (χ4n) is 10.2. The van der Waals surface area contributed by atoms with Crippen LogP contribution in [0.5, 0.6) is 0 Å². The third kappa shape index (κ3) is 10.8. The van der Waals surface area contributed by atoms with Gasteiger partial charge in [-0.05, 0) is 122 Å². The Morgan fingerprint density at radius 2 is 1.32 bits per heavy atom. The Labute approximate surface area is 387 Å². The number of halogens is 9. The first-order valence-electron chi connectivity index (χ1n) is 23.1. The molecule has 0 spiro atoms. The Morgan fingerprint density at radius 1 is 0.788 bits per heavy atom. The van der Waals surface area contributed by atoms with Gasteiger partial charge in [0, 0.05) is 26.7 Å². The van der Waals surface area contributed by atoms with Crippen LogP contribution in [0.3, 0.4) is 0 Å². The van der Waals surface area contributed by atoms with Gasteiger partial charge in [-0.25, -0.2) is 0 Å². The molecule has 0 aromatic carbocycles. The number of rotatable bonds is 16. The number of ketones is 1. The van der Waals surface area contributed by atoms with Crippen LogP contribution in [-0.4, -0.2) is 82.7 Å². The molecule has 378 valence electrons. The van der Waals surface area contributed by atoms with E-state index in [1.54, 1.807) is 6.92 Å². The molecule has 0 heterocycles. The van der Waals surface area contributed by atoms with Crippen molar-refractivity contribution in [2.24, 2.45) is 28.6 Å². The predicted octanol–water partition coefficient (Wildman–Crippen LogP) is 13.9. The monoisotopic (exact) mass is 988 g/mol. The molecule has 0 aromatic rings. The van der Waals surface area contributed by atoms with Gasteiger partial charge in [-0.15, -0.1) is 0 Å². The van der Waals surface area contributed by atoms with E-state index < -0.39 is 107 Å². The normalized spacial score (nSPS) is 28.4. The van der Waals surface area contributed by atoms with Crippen LogP contribution in [0.25, 0.3) is 0 Å². The Balaban J connectivity index is 1.65. The van der Waals surface area contributed by atoms with E-state index in [9.17, 15) is 45.1 Å². The Hall–Kier alpha value is -2.45. The van der Waals surface area contributed by atoms with Crippen molar-refractivity contribution in [3.63, 3.8) is 0 Å². The second kappa shape index (κ2) is 18.7. The summed E-state index contributed by atoms with van der Waals surface area (Å²) < 4.78 is 152. The highest BCUT2D eigenvalue weighted by molar-refractivity contribution is 6.74. The van der Waals surface area contributed by atoms with Crippen LogP contribution < -0.4 is 0 Å². The lowest BCUT2D eigenvalue weighted by Gasteiger charge is -2.46. The molecule has 0 saturated heterocycles. The largest absolute Gasteiger partial charge is 0.462 e. The minimum Gasteiger partial charge on any atom is -0.462 e. The van der Waals surface area contributed by atoms with E-state index in [2.05, 4.69) is 98.1 Å². The average molecular weight is 989 g/mol. The van der Waals surface area contributed by atoms with Crippen molar-refractivity contribution in [2.45, 2.75) is 218 Å². The molecule has 0 aliphatic heterocycles. The molecule has 4 aliphatic rings. The lowest BCUT2D eigenvalue weighted by atomic mass is 9.60. The van der Waals surface area contributed by atoms with Crippen LogP contribution in [0, 0.1) is 28.6 Å². The highest BCUT2D eigenvalue weighted by Crippen LogP contribution is 2.64. The summed E-state index contributed by atoms with van der Waals surface area (Å²) in [7, 11) is -4.38. The number of hydrogen-bond donors (Lipinski definition) is 0. The van der Waals surface area contributed by atoms with E-state index in [4.69, 9.17) is 13.6 Å². The Bertz CT molecular complexity index is 1910. The molecule has 66 heavy (non-hydrogen) atoms. The molecule has 0 bridgehead atoms. The van der Waals surface area contributed by atoms with Crippen LogP contribution in [0.4, 0.5) is 39.5 Å². The van der Waals surface area contributed by atoms with Gasteiger partial charge in [-0.2, -0.15) is 39.5 Å². The molecule has 4 rings (SSSR count). The maximum absolute atomic E-state index is 15.6. The van der Waals surface area contributed by atoms with E-state index in [0.29, 0.717) is 26.2 Å². The summed E-state index contributed by atoms with van der Waals surface area (Å²) in [5.74, 6) is -25.4. The molecule has 4 fully saturated rings. The van der Waals surface area contributed by atoms with Crippen LogP contribution >= 0.6 is 0 Å². The van der Waals surface area contributed by atoms with Gasteiger partial charge in [0.1, 0.15) is 11.9 Å².